The molecule has 1 nitrogen and oxygen atoms in total. The van der Waals surface area contributed by atoms with Gasteiger partial charge in [0.15, 0.2) is 5.78 Å². The third kappa shape index (κ3) is 2.70. The lowest BCUT2D eigenvalue weighted by Crippen LogP contribution is -2.19. The molecule has 116 valence electrons. The number of halogens is 2. The van der Waals surface area contributed by atoms with Crippen LogP contribution in [0.1, 0.15) is 37.1 Å². The van der Waals surface area contributed by atoms with E-state index in [9.17, 15) is 4.79 Å². The van der Waals surface area contributed by atoms with Crippen molar-refractivity contribution < 1.29 is 4.79 Å². The number of hydrogen-bond acceptors (Lipinski definition) is 3. The molecule has 0 N–H and O–H groups in total. The Labute approximate surface area is 155 Å². The van der Waals surface area contributed by atoms with Crippen LogP contribution in [-0.2, 0) is 4.79 Å². The largest absolute Gasteiger partial charge is 0.292 e. The van der Waals surface area contributed by atoms with Gasteiger partial charge in [0.25, 0.3) is 0 Å². The molecule has 0 radical (unpaired) electrons. The van der Waals surface area contributed by atoms with Crippen molar-refractivity contribution in [2.24, 2.45) is 0 Å². The molecule has 5 heteroatoms. The zero-order valence-electron chi connectivity index (χ0n) is 12.8. The third-order valence-electron chi connectivity index (χ3n) is 3.94. The summed E-state index contributed by atoms with van der Waals surface area (Å²) in [4.78, 5) is 18.0. The predicted molar refractivity (Wildman–Crippen MR) is 105 cm³/mol. The zero-order valence-corrected chi connectivity index (χ0v) is 17.6. The van der Waals surface area contributed by atoms with Gasteiger partial charge in [-0.3, -0.25) is 4.79 Å². The van der Waals surface area contributed by atoms with E-state index in [4.69, 9.17) is 0 Å². The number of thiophene rings is 2. The molecule has 3 rings (SSSR count). The SMILES string of the molecule is Cc1cc(C2=C(c3cc(C)sc3C)C(=O)C(Br)(Br)C2)c(C)s1. The van der Waals surface area contributed by atoms with E-state index in [1.807, 2.05) is 0 Å². The van der Waals surface area contributed by atoms with Crippen LogP contribution in [-0.4, -0.2) is 9.02 Å². The van der Waals surface area contributed by atoms with Crippen LogP contribution in [0.4, 0.5) is 0 Å². The fraction of sp³-hybridized carbons (Fsp3) is 0.353. The maximum Gasteiger partial charge on any atom is 0.191 e. The van der Waals surface area contributed by atoms with Gasteiger partial charge >= 0.3 is 0 Å². The van der Waals surface area contributed by atoms with Gasteiger partial charge in [-0.05, 0) is 56.5 Å². The van der Waals surface area contributed by atoms with Crippen LogP contribution in [0.5, 0.6) is 0 Å². The predicted octanol–water partition coefficient (Wildman–Crippen LogP) is 6.41. The van der Waals surface area contributed by atoms with Gasteiger partial charge in [-0.1, -0.05) is 31.9 Å². The normalized spacial score (nSPS) is 17.6. The molecular weight excluding hydrogens is 444 g/mol. The molecule has 0 spiro atoms. The fourth-order valence-corrected chi connectivity index (χ4v) is 5.87. The van der Waals surface area contributed by atoms with Crippen LogP contribution >= 0.6 is 54.5 Å². The summed E-state index contributed by atoms with van der Waals surface area (Å²) in [5.74, 6) is 0.131. The monoisotopic (exact) mass is 458 g/mol. The van der Waals surface area contributed by atoms with E-state index in [1.54, 1.807) is 22.7 Å². The molecule has 2 aromatic heterocycles. The molecule has 0 aromatic carbocycles. The molecule has 0 saturated heterocycles. The summed E-state index contributed by atoms with van der Waals surface area (Å²) in [5, 5.41) is 0. The van der Waals surface area contributed by atoms with Crippen LogP contribution in [0.25, 0.3) is 11.1 Å². The van der Waals surface area contributed by atoms with Crippen molar-refractivity contribution in [2.75, 3.05) is 0 Å². The number of aryl methyl sites for hydroxylation is 4. The Morgan fingerprint density at radius 3 is 1.91 bits per heavy atom. The number of carbonyl (C=O) groups excluding carboxylic acids is 1. The molecule has 1 aliphatic carbocycles. The maximum absolute atomic E-state index is 12.9. The molecule has 0 saturated carbocycles. The van der Waals surface area contributed by atoms with Crippen molar-refractivity contribution in [2.45, 2.75) is 37.3 Å². The first-order chi connectivity index (χ1) is 10.2. The van der Waals surface area contributed by atoms with Gasteiger partial charge in [0.1, 0.15) is 3.23 Å². The highest BCUT2D eigenvalue weighted by Gasteiger charge is 2.45. The average molecular weight is 460 g/mol. The van der Waals surface area contributed by atoms with Crippen LogP contribution in [0.15, 0.2) is 12.1 Å². The lowest BCUT2D eigenvalue weighted by atomic mass is 9.97. The quantitative estimate of drug-likeness (QED) is 0.474. The summed E-state index contributed by atoms with van der Waals surface area (Å²) < 4.78 is -0.671. The van der Waals surface area contributed by atoms with E-state index < -0.39 is 3.23 Å². The van der Waals surface area contributed by atoms with E-state index >= 15 is 0 Å². The average Bonchev–Trinajstić information content (AvgIpc) is 2.97. The summed E-state index contributed by atoms with van der Waals surface area (Å²) in [6.07, 6.45) is 0.673. The smallest absolute Gasteiger partial charge is 0.191 e. The first-order valence-electron chi connectivity index (χ1n) is 7.01. The van der Waals surface area contributed by atoms with Crippen LogP contribution in [0.3, 0.4) is 0 Å². The van der Waals surface area contributed by atoms with E-state index in [1.165, 1.54) is 25.1 Å². The van der Waals surface area contributed by atoms with Crippen molar-refractivity contribution in [1.29, 1.82) is 0 Å². The van der Waals surface area contributed by atoms with Crippen molar-refractivity contribution in [3.8, 4) is 0 Å². The summed E-state index contributed by atoms with van der Waals surface area (Å²) in [7, 11) is 0. The molecule has 0 fully saturated rings. The molecule has 0 atom stereocenters. The summed E-state index contributed by atoms with van der Waals surface area (Å²) in [5.41, 5.74) is 4.33. The number of alkyl halides is 2. The van der Waals surface area contributed by atoms with Gasteiger partial charge in [0.05, 0.1) is 0 Å². The van der Waals surface area contributed by atoms with Gasteiger partial charge < -0.3 is 0 Å². The first kappa shape index (κ1) is 16.6. The number of Topliss-reactive ketones (excluding diaryl/α,β-unsaturated/α-hetero) is 1. The molecule has 22 heavy (non-hydrogen) atoms. The number of rotatable bonds is 2. The standard InChI is InChI=1S/C17H16Br2OS2/c1-8-5-12(10(3)21-8)14-7-17(18,19)16(20)15(14)13-6-9(2)22-11(13)4/h5-6H,7H2,1-4H3. The van der Waals surface area contributed by atoms with Crippen LogP contribution < -0.4 is 0 Å². The minimum absolute atomic E-state index is 0.131. The Balaban J connectivity index is 2.27. The lowest BCUT2D eigenvalue weighted by molar-refractivity contribution is -0.113. The zero-order chi connectivity index (χ0) is 16.2. The second kappa shape index (κ2) is 5.69. The van der Waals surface area contributed by atoms with Gasteiger partial charge in [-0.25, -0.2) is 0 Å². The number of hydrogen-bond donors (Lipinski definition) is 0. The van der Waals surface area contributed by atoms with Gasteiger partial charge in [-0.2, -0.15) is 0 Å². The van der Waals surface area contributed by atoms with E-state index in [-0.39, 0.29) is 5.78 Å². The van der Waals surface area contributed by atoms with Gasteiger partial charge in [-0.15, -0.1) is 22.7 Å². The van der Waals surface area contributed by atoms with Gasteiger partial charge in [0.2, 0.25) is 0 Å². The fourth-order valence-electron chi connectivity index (χ4n) is 3.03. The highest BCUT2D eigenvalue weighted by Crippen LogP contribution is 2.52. The topological polar surface area (TPSA) is 17.1 Å². The molecule has 0 amide bonds. The molecule has 0 unspecified atom stereocenters. The second-order valence-electron chi connectivity index (χ2n) is 5.72. The summed E-state index contributed by atoms with van der Waals surface area (Å²) in [6.45, 7) is 8.44. The van der Waals surface area contributed by atoms with E-state index in [0.29, 0.717) is 6.42 Å². The number of ketones is 1. The van der Waals surface area contributed by atoms with E-state index in [0.717, 1.165) is 16.7 Å². The molecule has 0 aliphatic heterocycles. The van der Waals surface area contributed by atoms with Crippen molar-refractivity contribution in [1.82, 2.24) is 0 Å². The Bertz CT molecular complexity index is 809. The Hall–Kier alpha value is -0.230. The number of carbonyl (C=O) groups is 1. The van der Waals surface area contributed by atoms with Crippen LogP contribution in [0, 0.1) is 27.7 Å². The highest BCUT2D eigenvalue weighted by molar-refractivity contribution is 9.26. The molecule has 2 aromatic rings. The Morgan fingerprint density at radius 2 is 1.45 bits per heavy atom. The Kier molecular flexibility index (Phi) is 4.30. The lowest BCUT2D eigenvalue weighted by Gasteiger charge is -2.10. The van der Waals surface area contributed by atoms with Gasteiger partial charge in [0, 0.05) is 31.5 Å². The summed E-state index contributed by atoms with van der Waals surface area (Å²) in [6, 6.07) is 4.35. The second-order valence-corrected chi connectivity index (χ2v) is 12.4. The van der Waals surface area contributed by atoms with E-state index in [2.05, 4.69) is 71.7 Å². The molecule has 2 heterocycles. The molecular formula is C17H16Br2OS2. The first-order valence-corrected chi connectivity index (χ1v) is 10.2. The number of allylic oxidation sites excluding steroid dienone is 2. The minimum Gasteiger partial charge on any atom is -0.292 e. The Morgan fingerprint density at radius 1 is 0.955 bits per heavy atom. The van der Waals surface area contributed by atoms with Crippen LogP contribution in [0.2, 0.25) is 0 Å². The molecule has 0 bridgehead atoms. The highest BCUT2D eigenvalue weighted by atomic mass is 79.9. The van der Waals surface area contributed by atoms with Crippen molar-refractivity contribution in [3.63, 3.8) is 0 Å². The summed E-state index contributed by atoms with van der Waals surface area (Å²) >= 11 is 10.7. The third-order valence-corrected chi connectivity index (χ3v) is 7.15. The van der Waals surface area contributed by atoms with Crippen molar-refractivity contribution in [3.05, 3.63) is 42.8 Å². The van der Waals surface area contributed by atoms with Crippen molar-refractivity contribution >= 4 is 71.5 Å². The minimum atomic E-state index is -0.671. The maximum atomic E-state index is 12.9. The molecule has 1 aliphatic rings.